The molecule has 11 heteroatoms. The molecule has 34 heavy (non-hydrogen) atoms. The first-order valence-electron chi connectivity index (χ1n) is 10.8. The molecular weight excluding hydrogens is 444 g/mol. The summed E-state index contributed by atoms with van der Waals surface area (Å²) >= 11 is 0. The summed E-state index contributed by atoms with van der Waals surface area (Å²) in [5, 5.41) is 14.5. The van der Waals surface area contributed by atoms with E-state index in [0.29, 0.717) is 0 Å². The first-order chi connectivity index (χ1) is 16.6. The van der Waals surface area contributed by atoms with Gasteiger partial charge in [-0.25, -0.2) is 0 Å². The molecule has 7 atom stereocenters. The van der Waals surface area contributed by atoms with E-state index >= 15 is 0 Å². The van der Waals surface area contributed by atoms with Crippen molar-refractivity contribution in [1.29, 1.82) is 0 Å². The Morgan fingerprint density at radius 1 is 1.18 bits per heavy atom. The third-order valence-electron chi connectivity index (χ3n) is 5.56. The van der Waals surface area contributed by atoms with Gasteiger partial charge in [-0.2, -0.15) is 0 Å². The topological polar surface area (TPSA) is 158 Å². The molecule has 0 aliphatic carbocycles. The van der Waals surface area contributed by atoms with Gasteiger partial charge >= 0.3 is 5.97 Å². The highest BCUT2D eigenvalue weighted by Gasteiger charge is 2.49. The van der Waals surface area contributed by atoms with Gasteiger partial charge in [0.15, 0.2) is 12.6 Å². The number of hydrogen-bond acceptors (Lipinski definition) is 9. The Morgan fingerprint density at radius 2 is 1.88 bits per heavy atom. The molecule has 180 valence electrons. The van der Waals surface area contributed by atoms with Gasteiger partial charge < -0.3 is 34.5 Å². The highest BCUT2D eigenvalue weighted by Crippen LogP contribution is 2.35. The van der Waals surface area contributed by atoms with Crippen molar-refractivity contribution < 1.29 is 33.6 Å². The van der Waals surface area contributed by atoms with Crippen LogP contribution in [0.25, 0.3) is 10.4 Å². The van der Waals surface area contributed by atoms with Crippen LogP contribution >= 0.6 is 0 Å². The third-order valence-corrected chi connectivity index (χ3v) is 5.56. The van der Waals surface area contributed by atoms with E-state index in [1.54, 1.807) is 0 Å². The van der Waals surface area contributed by atoms with Crippen molar-refractivity contribution in [3.63, 3.8) is 0 Å². The van der Waals surface area contributed by atoms with Gasteiger partial charge in [0, 0.05) is 10.5 Å². The second kappa shape index (κ2) is 11.4. The smallest absolute Gasteiger partial charge is 0.325 e. The summed E-state index contributed by atoms with van der Waals surface area (Å²) in [5.41, 5.74) is 16.5. The Hall–Kier alpha value is -3.02. The normalized spacial score (nSPS) is 29.4. The van der Waals surface area contributed by atoms with E-state index in [2.05, 4.69) is 10.0 Å². The van der Waals surface area contributed by atoms with Crippen molar-refractivity contribution in [3.05, 3.63) is 82.2 Å². The summed E-state index contributed by atoms with van der Waals surface area (Å²) < 4.78 is 28.4. The molecule has 2 saturated heterocycles. The molecule has 0 spiro atoms. The molecule has 4 rings (SSSR count). The zero-order chi connectivity index (χ0) is 23.9. The van der Waals surface area contributed by atoms with Gasteiger partial charge in [0.1, 0.15) is 30.9 Å². The molecule has 0 bridgehead atoms. The van der Waals surface area contributed by atoms with Crippen LogP contribution in [0.2, 0.25) is 0 Å². The molecule has 0 saturated carbocycles. The Bertz CT molecular complexity index is 989. The van der Waals surface area contributed by atoms with Crippen molar-refractivity contribution in [2.45, 2.75) is 49.6 Å². The number of nitrogens with zero attached hydrogens (tertiary/aromatic N) is 3. The summed E-state index contributed by atoms with van der Waals surface area (Å²) in [7, 11) is 0. The molecule has 0 aromatic heterocycles. The van der Waals surface area contributed by atoms with Crippen molar-refractivity contribution in [1.82, 2.24) is 0 Å². The maximum atomic E-state index is 12.2. The van der Waals surface area contributed by atoms with Crippen LogP contribution in [0.1, 0.15) is 17.4 Å². The van der Waals surface area contributed by atoms with Crippen LogP contribution in [-0.2, 0) is 35.1 Å². The predicted octanol–water partition coefficient (Wildman–Crippen LogP) is 1.95. The van der Waals surface area contributed by atoms with Gasteiger partial charge in [-0.1, -0.05) is 65.8 Å². The number of nitrogens with two attached hydrogens (primary N) is 1. The molecule has 3 N–H and O–H groups in total. The van der Waals surface area contributed by atoms with Gasteiger partial charge in [0.05, 0.1) is 19.3 Å². The molecule has 2 aliphatic heterocycles. The standard InChI is InChI=1S/C23H26N4O7/c24-16(21(29)30-11-14-7-3-1-4-8-14)12-31-23-18(26-27-25)19(28)20-17(33-23)13-32-22(34-20)15-9-5-2-6-10-15/h1-10,16-20,22-23,28H,11-13,24H2/t16-,17+,18+,19+,20-,22?,23-/m0/s1. The number of aliphatic hydroxyl groups excluding tert-OH is 1. The number of rotatable bonds is 8. The molecule has 2 aliphatic rings. The quantitative estimate of drug-likeness (QED) is 0.256. The van der Waals surface area contributed by atoms with Crippen LogP contribution in [0, 0.1) is 0 Å². The van der Waals surface area contributed by atoms with E-state index in [4.69, 9.17) is 34.9 Å². The van der Waals surface area contributed by atoms with E-state index in [9.17, 15) is 9.90 Å². The fourth-order valence-electron chi connectivity index (χ4n) is 3.78. The first kappa shape index (κ1) is 24.1. The number of aliphatic hydroxyl groups is 1. The van der Waals surface area contributed by atoms with Crippen molar-refractivity contribution >= 4 is 5.97 Å². The number of ether oxygens (including phenoxy) is 5. The van der Waals surface area contributed by atoms with Crippen LogP contribution in [0.15, 0.2) is 65.8 Å². The number of carbonyl (C=O) groups excluding carboxylic acids is 1. The lowest BCUT2D eigenvalue weighted by atomic mass is 9.96. The van der Waals surface area contributed by atoms with E-state index in [1.165, 1.54) is 0 Å². The van der Waals surface area contributed by atoms with Crippen LogP contribution in [-0.4, -0.2) is 61.0 Å². The molecule has 11 nitrogen and oxygen atoms in total. The summed E-state index contributed by atoms with van der Waals surface area (Å²) in [6, 6.07) is 16.2. The highest BCUT2D eigenvalue weighted by molar-refractivity contribution is 5.75. The SMILES string of the molecule is [N-]=[N+]=N[C@H]1[C@@H](OC[C@H](N)C(=O)OCc2ccccc2)O[C@@H]2COC(c3ccccc3)O[C@@H]2[C@@H]1O. The minimum atomic E-state index is -1.23. The minimum absolute atomic E-state index is 0.0778. The fourth-order valence-corrected chi connectivity index (χ4v) is 3.78. The zero-order valence-electron chi connectivity index (χ0n) is 18.3. The van der Waals surface area contributed by atoms with Crippen LogP contribution in [0.4, 0.5) is 0 Å². The Balaban J connectivity index is 1.34. The Morgan fingerprint density at radius 3 is 2.59 bits per heavy atom. The van der Waals surface area contributed by atoms with Crippen molar-refractivity contribution in [2.24, 2.45) is 10.8 Å². The lowest BCUT2D eigenvalue weighted by Crippen LogP contribution is -2.62. The van der Waals surface area contributed by atoms with Crippen molar-refractivity contribution in [3.8, 4) is 0 Å². The highest BCUT2D eigenvalue weighted by atomic mass is 16.7. The molecule has 2 aromatic rings. The lowest BCUT2D eigenvalue weighted by molar-refractivity contribution is -0.342. The van der Waals surface area contributed by atoms with Crippen molar-refractivity contribution in [2.75, 3.05) is 13.2 Å². The summed E-state index contributed by atoms with van der Waals surface area (Å²) in [4.78, 5) is 15.0. The summed E-state index contributed by atoms with van der Waals surface area (Å²) in [5.74, 6) is -0.659. The summed E-state index contributed by atoms with van der Waals surface area (Å²) in [6.07, 6.45) is -4.56. The minimum Gasteiger partial charge on any atom is -0.460 e. The number of fused-ring (bicyclic) bond motifs is 1. The second-order valence-corrected chi connectivity index (χ2v) is 7.94. The predicted molar refractivity (Wildman–Crippen MR) is 118 cm³/mol. The van der Waals surface area contributed by atoms with E-state index in [1.807, 2.05) is 60.7 Å². The Labute approximate surface area is 195 Å². The number of carbonyl (C=O) groups is 1. The lowest BCUT2D eigenvalue weighted by Gasteiger charge is -2.46. The first-order valence-corrected chi connectivity index (χ1v) is 10.8. The van der Waals surface area contributed by atoms with Crippen LogP contribution < -0.4 is 5.73 Å². The fraction of sp³-hybridized carbons (Fsp3) is 0.435. The molecule has 1 unspecified atom stereocenters. The summed E-state index contributed by atoms with van der Waals surface area (Å²) in [6.45, 7) is -0.0715. The average Bonchev–Trinajstić information content (AvgIpc) is 2.88. The van der Waals surface area contributed by atoms with E-state index in [-0.39, 0.29) is 19.8 Å². The van der Waals surface area contributed by atoms with Crippen LogP contribution in [0.5, 0.6) is 0 Å². The van der Waals surface area contributed by atoms with Gasteiger partial charge in [0.25, 0.3) is 0 Å². The maximum Gasteiger partial charge on any atom is 0.325 e. The maximum absolute atomic E-state index is 12.2. The van der Waals surface area contributed by atoms with Gasteiger partial charge in [-0.15, -0.1) is 0 Å². The van der Waals surface area contributed by atoms with E-state index in [0.717, 1.165) is 11.1 Å². The molecule has 0 amide bonds. The molecule has 2 heterocycles. The molecular formula is C23H26N4O7. The molecule has 2 fully saturated rings. The van der Waals surface area contributed by atoms with Gasteiger partial charge in [-0.3, -0.25) is 4.79 Å². The van der Waals surface area contributed by atoms with E-state index < -0.39 is 48.9 Å². The number of esters is 1. The Kier molecular flexibility index (Phi) is 8.09. The third kappa shape index (κ3) is 5.72. The monoisotopic (exact) mass is 470 g/mol. The van der Waals surface area contributed by atoms with Gasteiger partial charge in [0.2, 0.25) is 0 Å². The number of benzene rings is 2. The second-order valence-electron chi connectivity index (χ2n) is 7.94. The van der Waals surface area contributed by atoms with Gasteiger partial charge in [-0.05, 0) is 11.1 Å². The number of hydrogen-bond donors (Lipinski definition) is 2. The number of azide groups is 1. The zero-order valence-corrected chi connectivity index (χ0v) is 18.3. The molecule has 2 aromatic carbocycles. The molecule has 0 radical (unpaired) electrons. The largest absolute Gasteiger partial charge is 0.460 e. The van der Waals surface area contributed by atoms with Crippen LogP contribution in [0.3, 0.4) is 0 Å². The average molecular weight is 470 g/mol.